The Labute approximate surface area is 105 Å². The zero-order valence-corrected chi connectivity index (χ0v) is 10.5. The Balaban J connectivity index is 2.67. The molecule has 0 heterocycles. The largest absolute Gasteiger partial charge is 0.380 e. The van der Waals surface area contributed by atoms with Crippen LogP contribution in [0.2, 0.25) is 5.02 Å². The first-order valence-electron chi connectivity index (χ1n) is 5.21. The highest BCUT2D eigenvalue weighted by Crippen LogP contribution is 2.22. The SMILES string of the molecule is COC(C)CNCc1ccc(Cl)cc1[N+](=O)[O-]. The molecule has 0 bridgehead atoms. The minimum absolute atomic E-state index is 0.0371. The van der Waals surface area contributed by atoms with Gasteiger partial charge in [-0.2, -0.15) is 0 Å². The van der Waals surface area contributed by atoms with Gasteiger partial charge in [-0.15, -0.1) is 0 Å². The summed E-state index contributed by atoms with van der Waals surface area (Å²) in [6.07, 6.45) is 0.0707. The van der Waals surface area contributed by atoms with Gasteiger partial charge in [-0.05, 0) is 19.1 Å². The van der Waals surface area contributed by atoms with Crippen LogP contribution in [0.5, 0.6) is 0 Å². The van der Waals surface area contributed by atoms with Gasteiger partial charge in [-0.3, -0.25) is 10.1 Å². The smallest absolute Gasteiger partial charge is 0.275 e. The van der Waals surface area contributed by atoms with Crippen molar-refractivity contribution in [2.45, 2.75) is 19.6 Å². The van der Waals surface area contributed by atoms with Gasteiger partial charge < -0.3 is 10.1 Å². The molecule has 1 aromatic carbocycles. The number of benzene rings is 1. The Morgan fingerprint density at radius 3 is 2.88 bits per heavy atom. The van der Waals surface area contributed by atoms with Crippen molar-refractivity contribution in [3.63, 3.8) is 0 Å². The molecule has 1 atom stereocenters. The summed E-state index contributed by atoms with van der Waals surface area (Å²) in [4.78, 5) is 10.4. The highest BCUT2D eigenvalue weighted by atomic mass is 35.5. The molecule has 0 aliphatic rings. The third-order valence-corrected chi connectivity index (χ3v) is 2.63. The predicted octanol–water partition coefficient (Wildman–Crippen LogP) is 2.37. The number of hydrogen-bond donors (Lipinski definition) is 1. The van der Waals surface area contributed by atoms with Crippen molar-refractivity contribution < 1.29 is 9.66 Å². The quantitative estimate of drug-likeness (QED) is 0.628. The number of nitrogens with one attached hydrogen (secondary N) is 1. The minimum atomic E-state index is -0.428. The van der Waals surface area contributed by atoms with E-state index in [-0.39, 0.29) is 11.8 Å². The molecule has 1 rings (SSSR count). The maximum absolute atomic E-state index is 10.8. The first-order valence-corrected chi connectivity index (χ1v) is 5.58. The summed E-state index contributed by atoms with van der Waals surface area (Å²) in [6, 6.07) is 4.66. The van der Waals surface area contributed by atoms with Crippen LogP contribution in [0.1, 0.15) is 12.5 Å². The van der Waals surface area contributed by atoms with Crippen LogP contribution in [0.15, 0.2) is 18.2 Å². The molecule has 94 valence electrons. The lowest BCUT2D eigenvalue weighted by molar-refractivity contribution is -0.385. The van der Waals surface area contributed by atoms with Gasteiger partial charge in [0.1, 0.15) is 0 Å². The fourth-order valence-corrected chi connectivity index (χ4v) is 1.52. The number of nitro groups is 1. The zero-order chi connectivity index (χ0) is 12.8. The molecule has 0 spiro atoms. The second kappa shape index (κ2) is 6.54. The maximum Gasteiger partial charge on any atom is 0.275 e. The number of methoxy groups -OCH3 is 1. The summed E-state index contributed by atoms with van der Waals surface area (Å²) in [6.45, 7) is 2.97. The standard InChI is InChI=1S/C11H15ClN2O3/c1-8(17-2)6-13-7-9-3-4-10(12)5-11(9)14(15)16/h3-5,8,13H,6-7H2,1-2H3. The molecule has 0 radical (unpaired) electrons. The number of halogens is 1. The first-order chi connectivity index (χ1) is 8.04. The summed E-state index contributed by atoms with van der Waals surface area (Å²) in [5.41, 5.74) is 0.651. The van der Waals surface area contributed by atoms with E-state index in [1.807, 2.05) is 6.92 Å². The summed E-state index contributed by atoms with van der Waals surface area (Å²) in [5.74, 6) is 0. The Morgan fingerprint density at radius 2 is 2.29 bits per heavy atom. The van der Waals surface area contributed by atoms with Crippen LogP contribution in [-0.4, -0.2) is 24.7 Å². The predicted molar refractivity (Wildman–Crippen MR) is 66.3 cm³/mol. The molecule has 0 aliphatic heterocycles. The number of nitro benzene ring substituents is 1. The molecule has 5 nitrogen and oxygen atoms in total. The van der Waals surface area contributed by atoms with E-state index in [0.717, 1.165) is 0 Å². The normalized spacial score (nSPS) is 12.4. The fraction of sp³-hybridized carbons (Fsp3) is 0.455. The summed E-state index contributed by atoms with van der Waals surface area (Å²) in [5, 5.41) is 14.3. The van der Waals surface area contributed by atoms with E-state index in [1.165, 1.54) is 6.07 Å². The molecule has 17 heavy (non-hydrogen) atoms. The van der Waals surface area contributed by atoms with Gasteiger partial charge in [0, 0.05) is 36.9 Å². The van der Waals surface area contributed by atoms with Crippen molar-refractivity contribution in [1.82, 2.24) is 5.32 Å². The topological polar surface area (TPSA) is 64.4 Å². The van der Waals surface area contributed by atoms with Crippen molar-refractivity contribution in [2.24, 2.45) is 0 Å². The lowest BCUT2D eigenvalue weighted by Gasteiger charge is -2.10. The molecule has 0 saturated carbocycles. The van der Waals surface area contributed by atoms with Crippen LogP contribution in [0, 0.1) is 10.1 Å². The molecule has 0 aliphatic carbocycles. The molecular formula is C11H15ClN2O3. The Morgan fingerprint density at radius 1 is 1.59 bits per heavy atom. The van der Waals surface area contributed by atoms with Crippen molar-refractivity contribution in [1.29, 1.82) is 0 Å². The molecule has 1 N–H and O–H groups in total. The maximum atomic E-state index is 10.8. The first kappa shape index (κ1) is 13.9. The average molecular weight is 259 g/mol. The van der Waals surface area contributed by atoms with E-state index >= 15 is 0 Å². The summed E-state index contributed by atoms with van der Waals surface area (Å²) >= 11 is 5.72. The zero-order valence-electron chi connectivity index (χ0n) is 9.77. The number of rotatable bonds is 6. The van der Waals surface area contributed by atoms with E-state index in [9.17, 15) is 10.1 Å². The Kier molecular flexibility index (Phi) is 5.34. The summed E-state index contributed by atoms with van der Waals surface area (Å²) < 4.78 is 5.07. The van der Waals surface area contributed by atoms with Crippen LogP contribution < -0.4 is 5.32 Å². The molecule has 0 aromatic heterocycles. The van der Waals surface area contributed by atoms with Crippen LogP contribution in [0.4, 0.5) is 5.69 Å². The lowest BCUT2D eigenvalue weighted by Crippen LogP contribution is -2.25. The fourth-order valence-electron chi connectivity index (χ4n) is 1.35. The van der Waals surface area contributed by atoms with Crippen molar-refractivity contribution >= 4 is 17.3 Å². The van der Waals surface area contributed by atoms with Gasteiger partial charge in [0.05, 0.1) is 11.0 Å². The van der Waals surface area contributed by atoms with Crippen LogP contribution in [0.3, 0.4) is 0 Å². The highest BCUT2D eigenvalue weighted by molar-refractivity contribution is 6.30. The second-order valence-electron chi connectivity index (χ2n) is 3.71. The molecule has 0 fully saturated rings. The van der Waals surface area contributed by atoms with Gasteiger partial charge in [0.2, 0.25) is 0 Å². The number of ether oxygens (including phenoxy) is 1. The lowest BCUT2D eigenvalue weighted by atomic mass is 10.2. The van der Waals surface area contributed by atoms with Crippen molar-refractivity contribution in [2.75, 3.05) is 13.7 Å². The number of hydrogen-bond acceptors (Lipinski definition) is 4. The van der Waals surface area contributed by atoms with Gasteiger partial charge in [0.15, 0.2) is 0 Å². The second-order valence-corrected chi connectivity index (χ2v) is 4.14. The van der Waals surface area contributed by atoms with E-state index in [4.69, 9.17) is 16.3 Å². The van der Waals surface area contributed by atoms with Crippen LogP contribution in [0.25, 0.3) is 0 Å². The molecule has 0 amide bonds. The molecule has 0 saturated heterocycles. The third kappa shape index (κ3) is 4.30. The van der Waals surface area contributed by atoms with Gasteiger partial charge in [-0.25, -0.2) is 0 Å². The van der Waals surface area contributed by atoms with Crippen LogP contribution >= 0.6 is 11.6 Å². The van der Waals surface area contributed by atoms with E-state index < -0.39 is 4.92 Å². The van der Waals surface area contributed by atoms with E-state index in [1.54, 1.807) is 19.2 Å². The highest BCUT2D eigenvalue weighted by Gasteiger charge is 2.13. The average Bonchev–Trinajstić information content (AvgIpc) is 2.30. The van der Waals surface area contributed by atoms with Gasteiger partial charge >= 0.3 is 0 Å². The van der Waals surface area contributed by atoms with E-state index in [2.05, 4.69) is 5.32 Å². The number of nitrogens with zero attached hydrogens (tertiary/aromatic N) is 1. The molecule has 1 unspecified atom stereocenters. The van der Waals surface area contributed by atoms with Crippen LogP contribution in [-0.2, 0) is 11.3 Å². The third-order valence-electron chi connectivity index (χ3n) is 2.39. The molecule has 6 heteroatoms. The van der Waals surface area contributed by atoms with E-state index in [0.29, 0.717) is 23.7 Å². The Bertz CT molecular complexity index is 398. The minimum Gasteiger partial charge on any atom is -0.380 e. The van der Waals surface area contributed by atoms with Gasteiger partial charge in [0.25, 0.3) is 5.69 Å². The van der Waals surface area contributed by atoms with Gasteiger partial charge in [-0.1, -0.05) is 11.6 Å². The van der Waals surface area contributed by atoms with Crippen molar-refractivity contribution in [3.8, 4) is 0 Å². The molecule has 1 aromatic rings. The monoisotopic (exact) mass is 258 g/mol. The molecular weight excluding hydrogens is 244 g/mol. The van der Waals surface area contributed by atoms with Crippen molar-refractivity contribution in [3.05, 3.63) is 38.9 Å². The Hall–Kier alpha value is -1.17. The summed E-state index contributed by atoms with van der Waals surface area (Å²) in [7, 11) is 1.62.